The molecule has 2 N–H and O–H groups in total. The molecular weight excluding hydrogens is 222 g/mol. The van der Waals surface area contributed by atoms with Crippen LogP contribution in [0.1, 0.15) is 6.92 Å². The summed E-state index contributed by atoms with van der Waals surface area (Å²) in [5, 5.41) is 0. The van der Waals surface area contributed by atoms with Crippen molar-refractivity contribution in [1.29, 1.82) is 0 Å². The zero-order valence-corrected chi connectivity index (χ0v) is 9.90. The lowest BCUT2D eigenvalue weighted by atomic mass is 10.2. The second-order valence-electron chi connectivity index (χ2n) is 3.58. The molecule has 0 radical (unpaired) electrons. The van der Waals surface area contributed by atoms with Gasteiger partial charge < -0.3 is 24.7 Å². The quantitative estimate of drug-likeness (QED) is 0.622. The van der Waals surface area contributed by atoms with Crippen LogP contribution in [0, 0.1) is 0 Å². The third kappa shape index (κ3) is 2.94. The van der Waals surface area contributed by atoms with E-state index in [0.717, 1.165) is 0 Å². The molecule has 2 rings (SSSR count). The number of nitrogens with two attached hydrogens (primary N) is 1. The maximum Gasteiger partial charge on any atom is 0.165 e. The maximum atomic E-state index is 5.86. The molecule has 5 nitrogen and oxygen atoms in total. The molecule has 0 aliphatic carbocycles. The molecule has 0 unspecified atom stereocenters. The van der Waals surface area contributed by atoms with Crippen molar-refractivity contribution in [2.24, 2.45) is 0 Å². The Kier molecular flexibility index (Phi) is 3.93. The Labute approximate surface area is 100 Å². The highest BCUT2D eigenvalue weighted by atomic mass is 16.6. The van der Waals surface area contributed by atoms with Crippen molar-refractivity contribution >= 4 is 5.69 Å². The van der Waals surface area contributed by atoms with Crippen LogP contribution in [0.25, 0.3) is 0 Å². The van der Waals surface area contributed by atoms with E-state index in [-0.39, 0.29) is 0 Å². The van der Waals surface area contributed by atoms with Gasteiger partial charge in [0.15, 0.2) is 11.5 Å². The minimum absolute atomic E-state index is 0.470. The number of rotatable bonds is 5. The molecule has 0 saturated heterocycles. The predicted molar refractivity (Wildman–Crippen MR) is 63.8 cm³/mol. The number of fused-ring (bicyclic) bond motifs is 1. The first-order valence-electron chi connectivity index (χ1n) is 5.71. The average molecular weight is 239 g/mol. The van der Waals surface area contributed by atoms with Crippen LogP contribution in [-0.4, -0.2) is 33.0 Å². The van der Waals surface area contributed by atoms with Crippen LogP contribution >= 0.6 is 0 Å². The fourth-order valence-electron chi connectivity index (χ4n) is 1.57. The topological polar surface area (TPSA) is 62.9 Å². The van der Waals surface area contributed by atoms with Gasteiger partial charge in [0.1, 0.15) is 25.6 Å². The van der Waals surface area contributed by atoms with Crippen LogP contribution in [0.15, 0.2) is 12.1 Å². The fourth-order valence-corrected chi connectivity index (χ4v) is 1.57. The van der Waals surface area contributed by atoms with E-state index in [4.69, 9.17) is 24.7 Å². The van der Waals surface area contributed by atoms with Crippen molar-refractivity contribution in [3.05, 3.63) is 12.1 Å². The molecule has 0 spiro atoms. The molecule has 1 aliphatic rings. The summed E-state index contributed by atoms with van der Waals surface area (Å²) in [4.78, 5) is 0. The first-order chi connectivity index (χ1) is 8.31. The smallest absolute Gasteiger partial charge is 0.165 e. The molecule has 0 fully saturated rings. The normalized spacial score (nSPS) is 13.5. The summed E-state index contributed by atoms with van der Waals surface area (Å²) in [5.41, 5.74) is 6.40. The molecule has 0 amide bonds. The number of hydrogen-bond donors (Lipinski definition) is 1. The Bertz CT molecular complexity index is 381. The zero-order chi connectivity index (χ0) is 12.1. The monoisotopic (exact) mass is 239 g/mol. The van der Waals surface area contributed by atoms with E-state index in [1.54, 1.807) is 12.1 Å². The zero-order valence-electron chi connectivity index (χ0n) is 9.90. The van der Waals surface area contributed by atoms with Gasteiger partial charge in [-0.3, -0.25) is 0 Å². The van der Waals surface area contributed by atoms with Gasteiger partial charge in [-0.15, -0.1) is 0 Å². The first-order valence-corrected chi connectivity index (χ1v) is 5.71. The SMILES string of the molecule is CCOCCOc1cc2c(cc1N)OCCO2. The predicted octanol–water partition coefficient (Wildman–Crippen LogP) is 1.46. The highest BCUT2D eigenvalue weighted by Crippen LogP contribution is 2.38. The van der Waals surface area contributed by atoms with Gasteiger partial charge in [-0.2, -0.15) is 0 Å². The Morgan fingerprint density at radius 2 is 1.88 bits per heavy atom. The molecule has 5 heteroatoms. The van der Waals surface area contributed by atoms with E-state index < -0.39 is 0 Å². The van der Waals surface area contributed by atoms with E-state index in [1.807, 2.05) is 6.92 Å². The molecule has 1 heterocycles. The largest absolute Gasteiger partial charge is 0.489 e. The molecular formula is C12H17NO4. The number of nitrogen functional groups attached to an aromatic ring is 1. The highest BCUT2D eigenvalue weighted by Gasteiger charge is 2.15. The number of ether oxygens (including phenoxy) is 4. The van der Waals surface area contributed by atoms with Gasteiger partial charge in [0.05, 0.1) is 12.3 Å². The summed E-state index contributed by atoms with van der Waals surface area (Å²) >= 11 is 0. The third-order valence-electron chi connectivity index (χ3n) is 2.36. The molecule has 0 atom stereocenters. The lowest BCUT2D eigenvalue weighted by Crippen LogP contribution is -2.16. The van der Waals surface area contributed by atoms with E-state index in [2.05, 4.69) is 0 Å². The van der Waals surface area contributed by atoms with Crippen molar-refractivity contribution in [2.45, 2.75) is 6.92 Å². The van der Waals surface area contributed by atoms with Gasteiger partial charge in [-0.25, -0.2) is 0 Å². The summed E-state index contributed by atoms with van der Waals surface area (Å²) in [7, 11) is 0. The van der Waals surface area contributed by atoms with Crippen LogP contribution in [0.2, 0.25) is 0 Å². The molecule has 0 saturated carbocycles. The Balaban J connectivity index is 2.01. The molecule has 1 aliphatic heterocycles. The second-order valence-corrected chi connectivity index (χ2v) is 3.58. The standard InChI is InChI=1S/C12H17NO4/c1-2-14-3-4-15-10-8-12-11(7-9(10)13)16-5-6-17-12/h7-8H,2-6,13H2,1H3. The van der Waals surface area contributed by atoms with Gasteiger partial charge in [0.25, 0.3) is 0 Å². The number of benzene rings is 1. The van der Waals surface area contributed by atoms with Crippen molar-refractivity contribution in [3.8, 4) is 17.2 Å². The van der Waals surface area contributed by atoms with Crippen molar-refractivity contribution in [1.82, 2.24) is 0 Å². The third-order valence-corrected chi connectivity index (χ3v) is 2.36. The highest BCUT2D eigenvalue weighted by molar-refractivity contribution is 5.62. The minimum Gasteiger partial charge on any atom is -0.489 e. The number of anilines is 1. The van der Waals surface area contributed by atoms with E-state index in [1.165, 1.54) is 0 Å². The number of hydrogen-bond acceptors (Lipinski definition) is 5. The minimum atomic E-state index is 0.470. The molecule has 0 bridgehead atoms. The summed E-state index contributed by atoms with van der Waals surface area (Å²) in [6.45, 7) is 4.74. The fraction of sp³-hybridized carbons (Fsp3) is 0.500. The maximum absolute atomic E-state index is 5.86. The summed E-state index contributed by atoms with van der Waals surface area (Å²) < 4.78 is 21.6. The Morgan fingerprint density at radius 3 is 2.59 bits per heavy atom. The summed E-state index contributed by atoms with van der Waals surface area (Å²) in [6, 6.07) is 3.49. The lowest BCUT2D eigenvalue weighted by molar-refractivity contribution is 0.110. The Morgan fingerprint density at radius 1 is 1.18 bits per heavy atom. The lowest BCUT2D eigenvalue weighted by Gasteiger charge is -2.20. The van der Waals surface area contributed by atoms with Crippen LogP contribution in [0.3, 0.4) is 0 Å². The van der Waals surface area contributed by atoms with Gasteiger partial charge in [-0.1, -0.05) is 0 Å². The van der Waals surface area contributed by atoms with Crippen LogP contribution in [0.5, 0.6) is 17.2 Å². The second kappa shape index (κ2) is 5.63. The van der Waals surface area contributed by atoms with Crippen LogP contribution in [0.4, 0.5) is 5.69 Å². The molecule has 94 valence electrons. The van der Waals surface area contributed by atoms with Crippen molar-refractivity contribution in [2.75, 3.05) is 38.8 Å². The van der Waals surface area contributed by atoms with Gasteiger partial charge in [0.2, 0.25) is 0 Å². The molecule has 1 aromatic carbocycles. The first kappa shape index (κ1) is 11.9. The van der Waals surface area contributed by atoms with Gasteiger partial charge >= 0.3 is 0 Å². The van der Waals surface area contributed by atoms with E-state index in [9.17, 15) is 0 Å². The van der Waals surface area contributed by atoms with E-state index in [0.29, 0.717) is 56.0 Å². The van der Waals surface area contributed by atoms with Crippen molar-refractivity contribution < 1.29 is 18.9 Å². The van der Waals surface area contributed by atoms with Crippen LogP contribution < -0.4 is 19.9 Å². The molecule has 1 aromatic rings. The molecule has 0 aromatic heterocycles. The van der Waals surface area contributed by atoms with E-state index >= 15 is 0 Å². The van der Waals surface area contributed by atoms with Gasteiger partial charge in [-0.05, 0) is 6.92 Å². The summed E-state index contributed by atoms with van der Waals surface area (Å²) in [5.74, 6) is 1.96. The average Bonchev–Trinajstić information content (AvgIpc) is 2.35. The van der Waals surface area contributed by atoms with Crippen LogP contribution in [-0.2, 0) is 4.74 Å². The van der Waals surface area contributed by atoms with Gasteiger partial charge in [0, 0.05) is 18.7 Å². The summed E-state index contributed by atoms with van der Waals surface area (Å²) in [6.07, 6.45) is 0. The molecule has 17 heavy (non-hydrogen) atoms. The Hall–Kier alpha value is -1.62. The van der Waals surface area contributed by atoms with Crippen molar-refractivity contribution in [3.63, 3.8) is 0 Å².